The maximum atomic E-state index is 5.37. The minimum atomic E-state index is 0.509. The summed E-state index contributed by atoms with van der Waals surface area (Å²) in [4.78, 5) is 0. The van der Waals surface area contributed by atoms with E-state index in [1.54, 1.807) is 0 Å². The molecule has 0 fully saturated rings. The molecule has 2 heteroatoms. The van der Waals surface area contributed by atoms with Gasteiger partial charge in [0.25, 0.3) is 0 Å². The highest BCUT2D eigenvalue weighted by atomic mass is 16.5. The van der Waals surface area contributed by atoms with E-state index in [9.17, 15) is 0 Å². The second-order valence-electron chi connectivity index (χ2n) is 2.65. The lowest BCUT2D eigenvalue weighted by atomic mass is 10.2. The van der Waals surface area contributed by atoms with Gasteiger partial charge in [-0.2, -0.15) is 0 Å². The van der Waals surface area contributed by atoms with Gasteiger partial charge in [0.05, 0.1) is 19.8 Å². The second kappa shape index (κ2) is 6.63. The molecule has 71 valence electrons. The molecule has 2 nitrogen and oxygen atoms in total. The SMILES string of the molecule is [CH2]COCCOCc1ccccc1. The molecule has 1 rings (SSSR count). The topological polar surface area (TPSA) is 18.5 Å². The van der Waals surface area contributed by atoms with Crippen LogP contribution in [0.1, 0.15) is 5.56 Å². The van der Waals surface area contributed by atoms with Crippen LogP contribution in [0, 0.1) is 6.92 Å². The van der Waals surface area contributed by atoms with E-state index < -0.39 is 0 Å². The molecule has 0 saturated heterocycles. The summed E-state index contributed by atoms with van der Waals surface area (Å²) in [5, 5.41) is 0. The average molecular weight is 179 g/mol. The second-order valence-corrected chi connectivity index (χ2v) is 2.65. The lowest BCUT2D eigenvalue weighted by Crippen LogP contribution is -2.03. The summed E-state index contributed by atoms with van der Waals surface area (Å²) in [7, 11) is 0. The highest BCUT2D eigenvalue weighted by Gasteiger charge is 1.90. The smallest absolute Gasteiger partial charge is 0.0718 e. The van der Waals surface area contributed by atoms with Gasteiger partial charge in [-0.3, -0.25) is 0 Å². The molecule has 0 aliphatic carbocycles. The van der Waals surface area contributed by atoms with Crippen molar-refractivity contribution in [3.63, 3.8) is 0 Å². The minimum absolute atomic E-state index is 0.509. The molecular formula is C11H15O2. The van der Waals surface area contributed by atoms with E-state index in [-0.39, 0.29) is 0 Å². The van der Waals surface area contributed by atoms with Crippen LogP contribution in [0.25, 0.3) is 0 Å². The maximum Gasteiger partial charge on any atom is 0.0718 e. The Morgan fingerprint density at radius 2 is 1.69 bits per heavy atom. The van der Waals surface area contributed by atoms with E-state index in [2.05, 4.69) is 6.92 Å². The van der Waals surface area contributed by atoms with E-state index in [1.165, 1.54) is 5.56 Å². The van der Waals surface area contributed by atoms with Gasteiger partial charge in [-0.15, -0.1) is 0 Å². The third-order valence-electron chi connectivity index (χ3n) is 1.63. The van der Waals surface area contributed by atoms with Crippen molar-refractivity contribution < 1.29 is 9.47 Å². The van der Waals surface area contributed by atoms with Crippen molar-refractivity contribution >= 4 is 0 Å². The molecule has 1 aromatic rings. The molecule has 0 N–H and O–H groups in total. The molecule has 1 aromatic carbocycles. The Balaban J connectivity index is 2.07. The zero-order valence-corrected chi connectivity index (χ0v) is 7.74. The fourth-order valence-electron chi connectivity index (χ4n) is 0.984. The molecule has 0 aliphatic rings. The molecule has 0 amide bonds. The van der Waals surface area contributed by atoms with E-state index in [0.717, 1.165) is 0 Å². The molecule has 0 unspecified atom stereocenters. The summed E-state index contributed by atoms with van der Waals surface area (Å²) < 4.78 is 10.4. The zero-order valence-electron chi connectivity index (χ0n) is 7.74. The molecule has 0 aromatic heterocycles. The highest BCUT2D eigenvalue weighted by molar-refractivity contribution is 5.13. The molecule has 0 aliphatic heterocycles. The number of hydrogen-bond donors (Lipinski definition) is 0. The summed E-state index contributed by atoms with van der Waals surface area (Å²) in [5.41, 5.74) is 1.19. The zero-order chi connectivity index (χ0) is 9.36. The number of benzene rings is 1. The van der Waals surface area contributed by atoms with Gasteiger partial charge in [0.1, 0.15) is 0 Å². The predicted octanol–water partition coefficient (Wildman–Crippen LogP) is 2.05. The number of hydrogen-bond acceptors (Lipinski definition) is 2. The fourth-order valence-corrected chi connectivity index (χ4v) is 0.984. The van der Waals surface area contributed by atoms with Crippen LogP contribution >= 0.6 is 0 Å². The standard InChI is InChI=1S/C11H15O2/c1-2-12-8-9-13-10-11-6-4-3-5-7-11/h3-7H,1-2,8-10H2. The van der Waals surface area contributed by atoms with Crippen LogP contribution in [-0.4, -0.2) is 19.8 Å². The van der Waals surface area contributed by atoms with Crippen LogP contribution in [0.2, 0.25) is 0 Å². The van der Waals surface area contributed by atoms with E-state index in [1.807, 2.05) is 30.3 Å². The van der Waals surface area contributed by atoms with Gasteiger partial charge in [0.15, 0.2) is 0 Å². The van der Waals surface area contributed by atoms with Crippen LogP contribution in [0.5, 0.6) is 0 Å². The van der Waals surface area contributed by atoms with Crippen molar-refractivity contribution in [3.8, 4) is 0 Å². The highest BCUT2D eigenvalue weighted by Crippen LogP contribution is 1.99. The number of rotatable bonds is 6. The fraction of sp³-hybridized carbons (Fsp3) is 0.364. The Labute approximate surface area is 79.5 Å². The average Bonchev–Trinajstić information content (AvgIpc) is 2.19. The third kappa shape index (κ3) is 4.65. The molecule has 1 radical (unpaired) electrons. The Bertz CT molecular complexity index is 209. The van der Waals surface area contributed by atoms with Crippen LogP contribution < -0.4 is 0 Å². The predicted molar refractivity (Wildman–Crippen MR) is 52.3 cm³/mol. The van der Waals surface area contributed by atoms with Crippen molar-refractivity contribution in [1.82, 2.24) is 0 Å². The maximum absolute atomic E-state index is 5.37. The number of ether oxygens (including phenoxy) is 2. The van der Waals surface area contributed by atoms with Crippen LogP contribution in [-0.2, 0) is 16.1 Å². The Morgan fingerprint density at radius 1 is 1.00 bits per heavy atom. The van der Waals surface area contributed by atoms with Crippen LogP contribution in [0.4, 0.5) is 0 Å². The van der Waals surface area contributed by atoms with Crippen molar-refractivity contribution in [2.24, 2.45) is 0 Å². The van der Waals surface area contributed by atoms with Crippen molar-refractivity contribution in [1.29, 1.82) is 0 Å². The van der Waals surface area contributed by atoms with Gasteiger partial charge in [0.2, 0.25) is 0 Å². The Kier molecular flexibility index (Phi) is 5.22. The summed E-state index contributed by atoms with van der Waals surface area (Å²) in [6.45, 7) is 5.98. The first-order chi connectivity index (χ1) is 6.43. The van der Waals surface area contributed by atoms with E-state index in [4.69, 9.17) is 9.47 Å². The van der Waals surface area contributed by atoms with Crippen LogP contribution in [0.3, 0.4) is 0 Å². The van der Waals surface area contributed by atoms with Crippen LogP contribution in [0.15, 0.2) is 30.3 Å². The van der Waals surface area contributed by atoms with Crippen molar-refractivity contribution in [2.45, 2.75) is 6.61 Å². The monoisotopic (exact) mass is 179 g/mol. The van der Waals surface area contributed by atoms with E-state index >= 15 is 0 Å². The van der Waals surface area contributed by atoms with Crippen molar-refractivity contribution in [3.05, 3.63) is 42.8 Å². The van der Waals surface area contributed by atoms with Crippen molar-refractivity contribution in [2.75, 3.05) is 19.8 Å². The lowest BCUT2D eigenvalue weighted by molar-refractivity contribution is 0.0499. The van der Waals surface area contributed by atoms with Gasteiger partial charge in [-0.25, -0.2) is 0 Å². The third-order valence-corrected chi connectivity index (χ3v) is 1.63. The molecule has 0 heterocycles. The first-order valence-electron chi connectivity index (χ1n) is 4.42. The molecule has 0 saturated carbocycles. The van der Waals surface area contributed by atoms with Gasteiger partial charge in [-0.1, -0.05) is 30.3 Å². The summed E-state index contributed by atoms with van der Waals surface area (Å²) in [5.74, 6) is 0. The first-order valence-corrected chi connectivity index (χ1v) is 4.42. The Morgan fingerprint density at radius 3 is 2.38 bits per heavy atom. The molecule has 13 heavy (non-hydrogen) atoms. The summed E-state index contributed by atoms with van der Waals surface area (Å²) in [6, 6.07) is 10.1. The first kappa shape index (κ1) is 10.2. The lowest BCUT2D eigenvalue weighted by Gasteiger charge is -2.03. The Hall–Kier alpha value is -0.860. The molecule has 0 bridgehead atoms. The van der Waals surface area contributed by atoms with Gasteiger partial charge >= 0.3 is 0 Å². The largest absolute Gasteiger partial charge is 0.379 e. The molecule has 0 atom stereocenters. The van der Waals surface area contributed by atoms with Gasteiger partial charge < -0.3 is 9.47 Å². The molecular weight excluding hydrogens is 164 g/mol. The normalized spacial score (nSPS) is 10.2. The minimum Gasteiger partial charge on any atom is -0.379 e. The quantitative estimate of drug-likeness (QED) is 0.622. The summed E-state index contributed by atoms with van der Waals surface area (Å²) in [6.07, 6.45) is 0. The van der Waals surface area contributed by atoms with Gasteiger partial charge in [0, 0.05) is 6.61 Å². The van der Waals surface area contributed by atoms with Gasteiger partial charge in [-0.05, 0) is 12.5 Å². The summed E-state index contributed by atoms with van der Waals surface area (Å²) >= 11 is 0. The van der Waals surface area contributed by atoms with E-state index in [0.29, 0.717) is 26.4 Å². The molecule has 0 spiro atoms.